The highest BCUT2D eigenvalue weighted by Crippen LogP contribution is 2.38. The molecular formula is C25H29N5O2S3. The van der Waals surface area contributed by atoms with E-state index in [1.54, 1.807) is 17.8 Å². The molecule has 0 saturated heterocycles. The third kappa shape index (κ3) is 5.99. The maximum Gasteiger partial charge on any atom is 0.251 e. The van der Waals surface area contributed by atoms with Gasteiger partial charge in [0.25, 0.3) is 5.91 Å². The fourth-order valence-electron chi connectivity index (χ4n) is 3.95. The van der Waals surface area contributed by atoms with E-state index >= 15 is 0 Å². The summed E-state index contributed by atoms with van der Waals surface area (Å²) in [4.78, 5) is 27.5. The Kier molecular flexibility index (Phi) is 8.35. The summed E-state index contributed by atoms with van der Waals surface area (Å²) in [5, 5.41) is 12.5. The standard InChI is InChI=1S/C25H29N5O2S3/c1-4-13-30-20(14-33-17-11-9-15(2)10-12-17)28-29-25(30)34-16(3)23(32)27-24-21(22(26)31)18-7-5-6-8-19(18)35-24/h4,9-12,16H,1,5-8,13-14H2,2-3H3,(H2,26,31)(H,27,32). The number of aromatic nitrogens is 3. The van der Waals surface area contributed by atoms with Crippen molar-refractivity contribution in [2.75, 3.05) is 5.32 Å². The third-order valence-corrected chi connectivity index (χ3v) is 9.10. The van der Waals surface area contributed by atoms with Crippen molar-refractivity contribution in [3.63, 3.8) is 0 Å². The van der Waals surface area contributed by atoms with Crippen molar-refractivity contribution >= 4 is 51.7 Å². The number of nitrogens with one attached hydrogen (secondary N) is 1. The molecule has 3 aromatic rings. The number of amides is 2. The lowest BCUT2D eigenvalue weighted by atomic mass is 9.95. The first-order valence-corrected chi connectivity index (χ1v) is 14.2. The van der Waals surface area contributed by atoms with Gasteiger partial charge in [0, 0.05) is 16.3 Å². The number of nitrogens with two attached hydrogens (primary N) is 1. The highest BCUT2D eigenvalue weighted by molar-refractivity contribution is 8.00. The van der Waals surface area contributed by atoms with Gasteiger partial charge in [-0.25, -0.2) is 0 Å². The number of carbonyl (C=O) groups is 2. The summed E-state index contributed by atoms with van der Waals surface area (Å²) in [5.41, 5.74) is 8.37. The van der Waals surface area contributed by atoms with Crippen molar-refractivity contribution < 1.29 is 9.59 Å². The van der Waals surface area contributed by atoms with Crippen LogP contribution < -0.4 is 11.1 Å². The lowest BCUT2D eigenvalue weighted by Gasteiger charge is -2.13. The van der Waals surface area contributed by atoms with Gasteiger partial charge >= 0.3 is 0 Å². The number of thiophene rings is 1. The van der Waals surface area contributed by atoms with Gasteiger partial charge in [-0.1, -0.05) is 35.5 Å². The number of allylic oxidation sites excluding steroid dienone is 1. The lowest BCUT2D eigenvalue weighted by molar-refractivity contribution is -0.115. The average Bonchev–Trinajstić information content (AvgIpc) is 3.39. The summed E-state index contributed by atoms with van der Waals surface area (Å²) in [7, 11) is 0. The van der Waals surface area contributed by atoms with Gasteiger partial charge in [0.15, 0.2) is 5.16 Å². The Morgan fingerprint density at radius 2 is 2.00 bits per heavy atom. The van der Waals surface area contributed by atoms with Crippen LogP contribution >= 0.6 is 34.9 Å². The lowest BCUT2D eigenvalue weighted by Crippen LogP contribution is -2.24. The molecule has 10 heteroatoms. The highest BCUT2D eigenvalue weighted by Gasteiger charge is 2.27. The number of fused-ring (bicyclic) bond motifs is 1. The van der Waals surface area contributed by atoms with Crippen LogP contribution in [0, 0.1) is 6.92 Å². The van der Waals surface area contributed by atoms with E-state index in [2.05, 4.69) is 53.3 Å². The average molecular weight is 528 g/mol. The second kappa shape index (κ2) is 11.5. The Hall–Kier alpha value is -2.56. The molecule has 0 saturated carbocycles. The molecule has 1 aromatic carbocycles. The van der Waals surface area contributed by atoms with Gasteiger partial charge in [0.1, 0.15) is 10.8 Å². The fourth-order valence-corrected chi connectivity index (χ4v) is 6.96. The number of hydrogen-bond acceptors (Lipinski definition) is 7. The van der Waals surface area contributed by atoms with Gasteiger partial charge in [-0.15, -0.1) is 39.9 Å². The molecule has 0 bridgehead atoms. The van der Waals surface area contributed by atoms with Crippen LogP contribution in [0.15, 0.2) is 47.0 Å². The van der Waals surface area contributed by atoms with Crippen molar-refractivity contribution in [2.24, 2.45) is 5.73 Å². The molecular weight excluding hydrogens is 499 g/mol. The van der Waals surface area contributed by atoms with Crippen molar-refractivity contribution in [3.8, 4) is 0 Å². The molecule has 1 unspecified atom stereocenters. The summed E-state index contributed by atoms with van der Waals surface area (Å²) >= 11 is 4.50. The van der Waals surface area contributed by atoms with Crippen LogP contribution in [0.5, 0.6) is 0 Å². The molecule has 2 amide bonds. The van der Waals surface area contributed by atoms with Crippen LogP contribution in [0.3, 0.4) is 0 Å². The van der Waals surface area contributed by atoms with Gasteiger partial charge in [0.05, 0.1) is 16.6 Å². The number of benzene rings is 1. The molecule has 2 heterocycles. The molecule has 184 valence electrons. The van der Waals surface area contributed by atoms with E-state index in [4.69, 9.17) is 5.73 Å². The fraction of sp³-hybridized carbons (Fsp3) is 0.360. The smallest absolute Gasteiger partial charge is 0.251 e. The molecule has 4 rings (SSSR count). The zero-order chi connectivity index (χ0) is 24.9. The maximum absolute atomic E-state index is 13.1. The van der Waals surface area contributed by atoms with Crippen molar-refractivity contribution in [3.05, 3.63) is 64.3 Å². The monoisotopic (exact) mass is 527 g/mol. The van der Waals surface area contributed by atoms with Gasteiger partial charge in [-0.05, 0) is 57.2 Å². The Labute approximate surface area is 218 Å². The van der Waals surface area contributed by atoms with E-state index in [0.717, 1.165) is 46.8 Å². The van der Waals surface area contributed by atoms with Gasteiger partial charge in [-0.3, -0.25) is 9.59 Å². The number of rotatable bonds is 10. The first kappa shape index (κ1) is 25.5. The van der Waals surface area contributed by atoms with Crippen LogP contribution in [-0.4, -0.2) is 31.8 Å². The maximum atomic E-state index is 13.1. The zero-order valence-electron chi connectivity index (χ0n) is 19.9. The zero-order valence-corrected chi connectivity index (χ0v) is 22.3. The molecule has 1 atom stereocenters. The van der Waals surface area contributed by atoms with Crippen molar-refractivity contribution in [2.45, 2.75) is 67.1 Å². The summed E-state index contributed by atoms with van der Waals surface area (Å²) in [6.45, 7) is 8.30. The minimum atomic E-state index is -0.485. The van der Waals surface area contributed by atoms with Crippen LogP contribution in [0.1, 0.15) is 52.0 Å². The molecule has 0 fully saturated rings. The number of aryl methyl sites for hydroxylation is 2. The van der Waals surface area contributed by atoms with E-state index in [9.17, 15) is 9.59 Å². The number of anilines is 1. The minimum absolute atomic E-state index is 0.195. The Bertz CT molecular complexity index is 1230. The summed E-state index contributed by atoms with van der Waals surface area (Å²) in [6.07, 6.45) is 5.68. The van der Waals surface area contributed by atoms with Gasteiger partial charge in [-0.2, -0.15) is 0 Å². The van der Waals surface area contributed by atoms with E-state index in [1.165, 1.54) is 28.7 Å². The Morgan fingerprint density at radius 3 is 2.71 bits per heavy atom. The molecule has 35 heavy (non-hydrogen) atoms. The summed E-state index contributed by atoms with van der Waals surface area (Å²) in [6, 6.07) is 8.37. The molecule has 7 nitrogen and oxygen atoms in total. The summed E-state index contributed by atoms with van der Waals surface area (Å²) < 4.78 is 1.99. The van der Waals surface area contributed by atoms with Crippen LogP contribution in [0.2, 0.25) is 0 Å². The first-order chi connectivity index (χ1) is 16.9. The highest BCUT2D eigenvalue weighted by atomic mass is 32.2. The topological polar surface area (TPSA) is 103 Å². The largest absolute Gasteiger partial charge is 0.365 e. The molecule has 1 aliphatic carbocycles. The van der Waals surface area contributed by atoms with E-state index in [-0.39, 0.29) is 5.91 Å². The third-order valence-electron chi connectivity index (χ3n) is 5.80. The van der Waals surface area contributed by atoms with Crippen LogP contribution in [0.4, 0.5) is 5.00 Å². The van der Waals surface area contributed by atoms with E-state index < -0.39 is 11.2 Å². The predicted octanol–water partition coefficient (Wildman–Crippen LogP) is 5.22. The van der Waals surface area contributed by atoms with Crippen molar-refractivity contribution in [1.29, 1.82) is 0 Å². The first-order valence-electron chi connectivity index (χ1n) is 11.5. The summed E-state index contributed by atoms with van der Waals surface area (Å²) in [5.74, 6) is 0.808. The molecule has 0 spiro atoms. The molecule has 1 aliphatic rings. The molecule has 3 N–H and O–H groups in total. The van der Waals surface area contributed by atoms with Crippen LogP contribution in [-0.2, 0) is 29.9 Å². The molecule has 2 aromatic heterocycles. The number of thioether (sulfide) groups is 2. The minimum Gasteiger partial charge on any atom is -0.365 e. The SMILES string of the molecule is C=CCn1c(CSc2ccc(C)cc2)nnc1SC(C)C(=O)Nc1sc2c(c1C(N)=O)CCCC2. The Morgan fingerprint density at radius 1 is 1.26 bits per heavy atom. The van der Waals surface area contributed by atoms with Gasteiger partial charge < -0.3 is 15.6 Å². The second-order valence-electron chi connectivity index (χ2n) is 8.43. The second-order valence-corrected chi connectivity index (χ2v) is 11.9. The number of hydrogen-bond donors (Lipinski definition) is 2. The number of nitrogens with zero attached hydrogens (tertiary/aromatic N) is 3. The molecule has 0 aliphatic heterocycles. The van der Waals surface area contributed by atoms with Crippen LogP contribution in [0.25, 0.3) is 0 Å². The van der Waals surface area contributed by atoms with Crippen molar-refractivity contribution in [1.82, 2.24) is 14.8 Å². The quantitative estimate of drug-likeness (QED) is 0.277. The molecule has 0 radical (unpaired) electrons. The van der Waals surface area contributed by atoms with Gasteiger partial charge in [0.2, 0.25) is 5.91 Å². The van der Waals surface area contributed by atoms with E-state index in [1.807, 2.05) is 11.5 Å². The number of carbonyl (C=O) groups excluding carboxylic acids is 2. The van der Waals surface area contributed by atoms with E-state index in [0.29, 0.717) is 28.0 Å². The normalized spacial score (nSPS) is 13.8. The Balaban J connectivity index is 1.45. The predicted molar refractivity (Wildman–Crippen MR) is 144 cm³/mol. The number of primary amides is 1.